The zero-order valence-electron chi connectivity index (χ0n) is 13.7. The van der Waals surface area contributed by atoms with Gasteiger partial charge in [0, 0.05) is 0 Å². The Morgan fingerprint density at radius 2 is 1.81 bits per heavy atom. The molecule has 1 saturated heterocycles. The molecule has 0 atom stereocenters. The van der Waals surface area contributed by atoms with Crippen LogP contribution in [0.1, 0.15) is 69.4 Å². The molecule has 1 heterocycles. The van der Waals surface area contributed by atoms with Crippen molar-refractivity contribution in [3.05, 3.63) is 35.4 Å². The molecule has 21 heavy (non-hydrogen) atoms. The molecule has 0 radical (unpaired) electrons. The van der Waals surface area contributed by atoms with Gasteiger partial charge in [0.05, 0.1) is 0 Å². The number of hydrogen-bond donors (Lipinski definition) is 0. The molecule has 1 nitrogen and oxygen atoms in total. The Morgan fingerprint density at radius 1 is 1.00 bits per heavy atom. The topological polar surface area (TPSA) is 3.24 Å². The summed E-state index contributed by atoms with van der Waals surface area (Å²) in [5.41, 5.74) is 3.86. The molecule has 0 aromatic heterocycles. The molecule has 3 rings (SSSR count). The minimum absolute atomic E-state index is 0.523. The lowest BCUT2D eigenvalue weighted by Gasteiger charge is -2.45. The summed E-state index contributed by atoms with van der Waals surface area (Å²) in [5.74, 6) is 0. The highest BCUT2D eigenvalue weighted by molar-refractivity contribution is 5.37. The molecule has 1 spiro atoms. The third kappa shape index (κ3) is 3.34. The smallest absolute Gasteiger partial charge is 0.00102 e. The number of piperidine rings is 1. The van der Waals surface area contributed by atoms with Gasteiger partial charge >= 0.3 is 0 Å². The molecule has 2 aliphatic rings. The van der Waals surface area contributed by atoms with Gasteiger partial charge < -0.3 is 4.90 Å². The summed E-state index contributed by atoms with van der Waals surface area (Å²) in [6, 6.07) is 9.27. The van der Waals surface area contributed by atoms with Crippen LogP contribution >= 0.6 is 0 Å². The molecule has 0 N–H and O–H groups in total. The zero-order chi connectivity index (χ0) is 14.5. The van der Waals surface area contributed by atoms with Gasteiger partial charge in [-0.3, -0.25) is 0 Å². The monoisotopic (exact) mass is 285 g/mol. The predicted molar refractivity (Wildman–Crippen MR) is 90.9 cm³/mol. The van der Waals surface area contributed by atoms with Crippen LogP contribution in [0, 0.1) is 0 Å². The van der Waals surface area contributed by atoms with E-state index in [4.69, 9.17) is 0 Å². The number of likely N-dealkylation sites (tertiary alicyclic amines) is 1. The van der Waals surface area contributed by atoms with E-state index in [1.54, 1.807) is 11.1 Å². The average molecular weight is 285 g/mol. The SMILES string of the molecule is CCCCCCN1CCC2(CCCc3ccccc32)CC1. The van der Waals surface area contributed by atoms with Gasteiger partial charge in [-0.05, 0) is 74.7 Å². The standard InChI is InChI=1S/C20H31N/c1-2-3-4-7-15-21-16-13-20(14-17-21)12-8-10-18-9-5-6-11-19(18)20/h5-6,9,11H,2-4,7-8,10,12-17H2,1H3. The summed E-state index contributed by atoms with van der Waals surface area (Å²) in [6.45, 7) is 6.27. The van der Waals surface area contributed by atoms with Crippen molar-refractivity contribution in [3.8, 4) is 0 Å². The zero-order valence-corrected chi connectivity index (χ0v) is 13.7. The lowest BCUT2D eigenvalue weighted by atomic mass is 9.65. The normalized spacial score (nSPS) is 21.4. The van der Waals surface area contributed by atoms with E-state index in [1.165, 1.54) is 77.4 Å². The highest BCUT2D eigenvalue weighted by atomic mass is 15.1. The van der Waals surface area contributed by atoms with E-state index in [0.717, 1.165) is 0 Å². The summed E-state index contributed by atoms with van der Waals surface area (Å²) >= 11 is 0. The van der Waals surface area contributed by atoms with Crippen molar-refractivity contribution >= 4 is 0 Å². The fourth-order valence-corrected chi connectivity index (χ4v) is 4.49. The Kier molecular flexibility index (Phi) is 5.00. The van der Waals surface area contributed by atoms with Crippen LogP contribution in [0.25, 0.3) is 0 Å². The maximum Gasteiger partial charge on any atom is -0.00102 e. The molecule has 1 fully saturated rings. The second-order valence-electron chi connectivity index (χ2n) is 7.19. The number of unbranched alkanes of at least 4 members (excludes halogenated alkanes) is 3. The third-order valence-electron chi connectivity index (χ3n) is 5.83. The van der Waals surface area contributed by atoms with Crippen molar-refractivity contribution < 1.29 is 0 Å². The minimum Gasteiger partial charge on any atom is -0.303 e. The first kappa shape index (κ1) is 15.1. The van der Waals surface area contributed by atoms with Crippen molar-refractivity contribution in [1.29, 1.82) is 0 Å². The second kappa shape index (κ2) is 6.96. The molecule has 116 valence electrons. The van der Waals surface area contributed by atoms with Gasteiger partial charge in [-0.15, -0.1) is 0 Å². The van der Waals surface area contributed by atoms with Gasteiger partial charge in [0.25, 0.3) is 0 Å². The van der Waals surface area contributed by atoms with Gasteiger partial charge in [0.1, 0.15) is 0 Å². The fraction of sp³-hybridized carbons (Fsp3) is 0.700. The number of rotatable bonds is 5. The van der Waals surface area contributed by atoms with Gasteiger partial charge in [0.15, 0.2) is 0 Å². The summed E-state index contributed by atoms with van der Waals surface area (Å²) in [5, 5.41) is 0. The Balaban J connectivity index is 1.58. The molecule has 0 saturated carbocycles. The van der Waals surface area contributed by atoms with Crippen LogP contribution in [0.2, 0.25) is 0 Å². The first-order valence-corrected chi connectivity index (χ1v) is 9.15. The molecule has 1 aliphatic carbocycles. The van der Waals surface area contributed by atoms with Crippen molar-refractivity contribution in [2.24, 2.45) is 0 Å². The Labute approximate surface area is 130 Å². The molecule has 1 aromatic rings. The maximum absolute atomic E-state index is 2.72. The van der Waals surface area contributed by atoms with E-state index >= 15 is 0 Å². The van der Waals surface area contributed by atoms with Crippen LogP contribution in [0.5, 0.6) is 0 Å². The van der Waals surface area contributed by atoms with Gasteiger partial charge in [-0.2, -0.15) is 0 Å². The van der Waals surface area contributed by atoms with E-state index in [-0.39, 0.29) is 0 Å². The van der Waals surface area contributed by atoms with Crippen LogP contribution in [0.4, 0.5) is 0 Å². The van der Waals surface area contributed by atoms with Gasteiger partial charge in [-0.25, -0.2) is 0 Å². The first-order valence-electron chi connectivity index (χ1n) is 9.15. The van der Waals surface area contributed by atoms with Crippen LogP contribution in [0.3, 0.4) is 0 Å². The Morgan fingerprint density at radius 3 is 2.62 bits per heavy atom. The summed E-state index contributed by atoms with van der Waals surface area (Å²) in [7, 11) is 0. The Hall–Kier alpha value is -0.820. The lowest BCUT2D eigenvalue weighted by molar-refractivity contribution is 0.143. The number of benzene rings is 1. The van der Waals surface area contributed by atoms with Gasteiger partial charge in [0.2, 0.25) is 0 Å². The number of aryl methyl sites for hydroxylation is 1. The first-order chi connectivity index (χ1) is 10.3. The summed E-state index contributed by atoms with van der Waals surface area (Å²) in [6.07, 6.45) is 12.5. The summed E-state index contributed by atoms with van der Waals surface area (Å²) in [4.78, 5) is 2.72. The highest BCUT2D eigenvalue weighted by Gasteiger charge is 2.38. The Bertz CT molecular complexity index is 443. The van der Waals surface area contributed by atoms with E-state index in [1.807, 2.05) is 0 Å². The molecular formula is C20H31N. The minimum atomic E-state index is 0.523. The largest absolute Gasteiger partial charge is 0.303 e. The molecule has 1 heteroatoms. The van der Waals surface area contributed by atoms with Crippen LogP contribution in [-0.4, -0.2) is 24.5 Å². The van der Waals surface area contributed by atoms with Crippen molar-refractivity contribution in [2.45, 2.75) is 70.1 Å². The van der Waals surface area contributed by atoms with Gasteiger partial charge in [-0.1, -0.05) is 50.5 Å². The van der Waals surface area contributed by atoms with E-state index in [9.17, 15) is 0 Å². The second-order valence-corrected chi connectivity index (χ2v) is 7.19. The van der Waals surface area contributed by atoms with E-state index in [2.05, 4.69) is 36.1 Å². The average Bonchev–Trinajstić information content (AvgIpc) is 2.54. The van der Waals surface area contributed by atoms with Crippen molar-refractivity contribution in [2.75, 3.05) is 19.6 Å². The van der Waals surface area contributed by atoms with E-state index in [0.29, 0.717) is 5.41 Å². The van der Waals surface area contributed by atoms with E-state index < -0.39 is 0 Å². The predicted octanol–water partition coefficient (Wildman–Crippen LogP) is 4.94. The third-order valence-corrected chi connectivity index (χ3v) is 5.83. The molecule has 1 aromatic carbocycles. The van der Waals surface area contributed by atoms with Crippen molar-refractivity contribution in [3.63, 3.8) is 0 Å². The molecule has 0 unspecified atom stereocenters. The van der Waals surface area contributed by atoms with Crippen LogP contribution in [0.15, 0.2) is 24.3 Å². The van der Waals surface area contributed by atoms with Crippen LogP contribution < -0.4 is 0 Å². The van der Waals surface area contributed by atoms with Crippen molar-refractivity contribution in [1.82, 2.24) is 4.90 Å². The highest BCUT2D eigenvalue weighted by Crippen LogP contribution is 2.44. The lowest BCUT2D eigenvalue weighted by Crippen LogP contribution is -2.44. The molecular weight excluding hydrogens is 254 g/mol. The quantitative estimate of drug-likeness (QED) is 0.693. The summed E-state index contributed by atoms with van der Waals surface area (Å²) < 4.78 is 0. The van der Waals surface area contributed by atoms with Crippen LogP contribution in [-0.2, 0) is 11.8 Å². The maximum atomic E-state index is 2.72. The number of hydrogen-bond acceptors (Lipinski definition) is 1. The molecule has 0 bridgehead atoms. The number of nitrogens with zero attached hydrogens (tertiary/aromatic N) is 1. The molecule has 1 aliphatic heterocycles. The number of fused-ring (bicyclic) bond motifs is 2. The fourth-order valence-electron chi connectivity index (χ4n) is 4.49. The molecule has 0 amide bonds.